The van der Waals surface area contributed by atoms with E-state index >= 15 is 0 Å². The average Bonchev–Trinajstić information content (AvgIpc) is 3.40. The summed E-state index contributed by atoms with van der Waals surface area (Å²) in [5.41, 5.74) is 0.867. The average molecular weight is 350 g/mol. The summed E-state index contributed by atoms with van der Waals surface area (Å²) in [6.45, 7) is 4.06. The zero-order valence-corrected chi connectivity index (χ0v) is 14.6. The molecule has 1 aliphatic heterocycles. The molecule has 5 nitrogen and oxygen atoms in total. The Morgan fingerprint density at radius 1 is 1.12 bits per heavy atom. The number of rotatable bonds is 6. The van der Waals surface area contributed by atoms with E-state index < -0.39 is 0 Å². The Morgan fingerprint density at radius 2 is 1.83 bits per heavy atom. The highest BCUT2D eigenvalue weighted by atomic mass is 35.5. The van der Waals surface area contributed by atoms with Crippen molar-refractivity contribution in [3.8, 4) is 0 Å². The molecule has 1 aliphatic carbocycles. The van der Waals surface area contributed by atoms with Crippen molar-refractivity contribution in [2.24, 2.45) is 5.92 Å². The van der Waals surface area contributed by atoms with Gasteiger partial charge in [-0.1, -0.05) is 29.8 Å². The molecule has 0 bridgehead atoms. The van der Waals surface area contributed by atoms with Gasteiger partial charge in [0.2, 0.25) is 11.8 Å². The number of halogens is 1. The van der Waals surface area contributed by atoms with Gasteiger partial charge in [-0.25, -0.2) is 0 Å². The van der Waals surface area contributed by atoms with Crippen molar-refractivity contribution in [1.29, 1.82) is 0 Å². The molecule has 3 rings (SSSR count). The van der Waals surface area contributed by atoms with Crippen LogP contribution in [-0.2, 0) is 16.0 Å². The molecule has 1 aromatic carbocycles. The Hall–Kier alpha value is -1.59. The molecule has 1 saturated heterocycles. The van der Waals surface area contributed by atoms with Crippen molar-refractivity contribution < 1.29 is 9.59 Å². The first-order valence-electron chi connectivity index (χ1n) is 8.62. The quantitative estimate of drug-likeness (QED) is 0.848. The maximum Gasteiger partial charge on any atom is 0.234 e. The van der Waals surface area contributed by atoms with Gasteiger partial charge < -0.3 is 10.2 Å². The molecule has 0 spiro atoms. The number of carbonyl (C=O) groups is 2. The monoisotopic (exact) mass is 349 g/mol. The third kappa shape index (κ3) is 4.95. The SMILES string of the molecule is O=C(CN1CCN(C(=O)Cc2ccccc2Cl)CC1)NCC1CC1. The molecule has 0 unspecified atom stereocenters. The van der Waals surface area contributed by atoms with Gasteiger partial charge in [-0.05, 0) is 30.4 Å². The van der Waals surface area contributed by atoms with Gasteiger partial charge in [0.05, 0.1) is 13.0 Å². The predicted molar refractivity (Wildman–Crippen MR) is 93.9 cm³/mol. The lowest BCUT2D eigenvalue weighted by Gasteiger charge is -2.34. The minimum Gasteiger partial charge on any atom is -0.355 e. The topological polar surface area (TPSA) is 52.7 Å². The third-order valence-electron chi connectivity index (χ3n) is 4.68. The van der Waals surface area contributed by atoms with E-state index in [1.807, 2.05) is 29.2 Å². The zero-order valence-electron chi connectivity index (χ0n) is 13.8. The maximum atomic E-state index is 12.4. The fourth-order valence-corrected chi connectivity index (χ4v) is 3.11. The van der Waals surface area contributed by atoms with Crippen molar-refractivity contribution >= 4 is 23.4 Å². The van der Waals surface area contributed by atoms with Crippen LogP contribution in [0.1, 0.15) is 18.4 Å². The van der Waals surface area contributed by atoms with E-state index in [-0.39, 0.29) is 11.8 Å². The normalized spacial score (nSPS) is 18.5. The number of nitrogens with one attached hydrogen (secondary N) is 1. The lowest BCUT2D eigenvalue weighted by Crippen LogP contribution is -2.51. The minimum atomic E-state index is 0.0951. The highest BCUT2D eigenvalue weighted by Crippen LogP contribution is 2.27. The molecule has 2 fully saturated rings. The molecular formula is C18H24ClN3O2. The lowest BCUT2D eigenvalue weighted by atomic mass is 10.1. The summed E-state index contributed by atoms with van der Waals surface area (Å²) in [5, 5.41) is 3.62. The summed E-state index contributed by atoms with van der Waals surface area (Å²) in [6, 6.07) is 7.46. The van der Waals surface area contributed by atoms with Gasteiger partial charge in [0, 0.05) is 37.7 Å². The zero-order chi connectivity index (χ0) is 16.9. The summed E-state index contributed by atoms with van der Waals surface area (Å²) >= 11 is 6.12. The van der Waals surface area contributed by atoms with Crippen molar-refractivity contribution in [3.63, 3.8) is 0 Å². The van der Waals surface area contributed by atoms with Crippen molar-refractivity contribution in [2.45, 2.75) is 19.3 Å². The molecule has 1 N–H and O–H groups in total. The molecule has 0 radical (unpaired) electrons. The summed E-state index contributed by atoms with van der Waals surface area (Å²) in [7, 11) is 0. The van der Waals surface area contributed by atoms with Crippen molar-refractivity contribution in [1.82, 2.24) is 15.1 Å². The maximum absolute atomic E-state index is 12.4. The molecule has 0 atom stereocenters. The van der Waals surface area contributed by atoms with Crippen LogP contribution in [0.25, 0.3) is 0 Å². The largest absolute Gasteiger partial charge is 0.355 e. The van der Waals surface area contributed by atoms with E-state index in [2.05, 4.69) is 10.2 Å². The fourth-order valence-electron chi connectivity index (χ4n) is 2.91. The minimum absolute atomic E-state index is 0.0951. The highest BCUT2D eigenvalue weighted by molar-refractivity contribution is 6.31. The van der Waals surface area contributed by atoms with E-state index in [9.17, 15) is 9.59 Å². The van der Waals surface area contributed by atoms with E-state index in [1.54, 1.807) is 0 Å². The third-order valence-corrected chi connectivity index (χ3v) is 5.05. The molecule has 1 aromatic rings. The second-order valence-corrected chi connectivity index (χ2v) is 7.08. The first-order valence-corrected chi connectivity index (χ1v) is 9.00. The molecule has 130 valence electrons. The number of piperazine rings is 1. The lowest BCUT2D eigenvalue weighted by molar-refractivity contribution is -0.132. The van der Waals surface area contributed by atoms with Gasteiger partial charge in [-0.15, -0.1) is 0 Å². The van der Waals surface area contributed by atoms with E-state index in [1.165, 1.54) is 12.8 Å². The Bertz CT molecular complexity index is 596. The van der Waals surface area contributed by atoms with Crippen LogP contribution >= 0.6 is 11.6 Å². The molecule has 24 heavy (non-hydrogen) atoms. The molecule has 6 heteroatoms. The number of carbonyl (C=O) groups excluding carboxylic acids is 2. The Morgan fingerprint density at radius 3 is 2.50 bits per heavy atom. The smallest absolute Gasteiger partial charge is 0.234 e. The van der Waals surface area contributed by atoms with Gasteiger partial charge in [0.1, 0.15) is 0 Å². The van der Waals surface area contributed by atoms with E-state index in [4.69, 9.17) is 11.6 Å². The molecule has 1 heterocycles. The van der Waals surface area contributed by atoms with Gasteiger partial charge in [0.15, 0.2) is 0 Å². The second-order valence-electron chi connectivity index (χ2n) is 6.67. The Kier molecular flexibility index (Phi) is 5.74. The van der Waals surface area contributed by atoms with E-state index in [0.29, 0.717) is 37.0 Å². The summed E-state index contributed by atoms with van der Waals surface area (Å²) in [5.74, 6) is 0.895. The van der Waals surface area contributed by atoms with Crippen LogP contribution in [0.5, 0.6) is 0 Å². The number of hydrogen-bond donors (Lipinski definition) is 1. The predicted octanol–water partition coefficient (Wildman–Crippen LogP) is 1.55. The van der Waals surface area contributed by atoms with Crippen LogP contribution in [0.2, 0.25) is 5.02 Å². The second kappa shape index (κ2) is 7.99. The summed E-state index contributed by atoms with van der Waals surface area (Å²) in [4.78, 5) is 28.3. The standard InChI is InChI=1S/C18H24ClN3O2/c19-16-4-2-1-3-15(16)11-18(24)22-9-7-21(8-10-22)13-17(23)20-12-14-5-6-14/h1-4,14H,5-13H2,(H,20,23). The van der Waals surface area contributed by atoms with Gasteiger partial charge in [-0.3, -0.25) is 14.5 Å². The van der Waals surface area contributed by atoms with Crippen LogP contribution in [0.3, 0.4) is 0 Å². The Balaban J connectivity index is 1.40. The number of hydrogen-bond acceptors (Lipinski definition) is 3. The van der Waals surface area contributed by atoms with Gasteiger partial charge in [-0.2, -0.15) is 0 Å². The van der Waals surface area contributed by atoms with E-state index in [0.717, 1.165) is 25.2 Å². The van der Waals surface area contributed by atoms with Gasteiger partial charge in [0.25, 0.3) is 0 Å². The number of benzene rings is 1. The molecule has 1 saturated carbocycles. The first kappa shape index (κ1) is 17.2. The summed E-state index contributed by atoms with van der Waals surface area (Å²) in [6.07, 6.45) is 2.82. The van der Waals surface area contributed by atoms with Crippen molar-refractivity contribution in [3.05, 3.63) is 34.9 Å². The van der Waals surface area contributed by atoms with Crippen LogP contribution in [0, 0.1) is 5.92 Å². The van der Waals surface area contributed by atoms with Crippen LogP contribution in [-0.4, -0.2) is 60.9 Å². The fraction of sp³-hybridized carbons (Fsp3) is 0.556. The number of nitrogens with zero attached hydrogens (tertiary/aromatic N) is 2. The Labute approximate surface area is 147 Å². The molecule has 2 aliphatic rings. The molecule has 0 aromatic heterocycles. The first-order chi connectivity index (χ1) is 11.6. The van der Waals surface area contributed by atoms with Crippen LogP contribution in [0.4, 0.5) is 0 Å². The highest BCUT2D eigenvalue weighted by Gasteiger charge is 2.24. The van der Waals surface area contributed by atoms with Crippen molar-refractivity contribution in [2.75, 3.05) is 39.3 Å². The van der Waals surface area contributed by atoms with Gasteiger partial charge >= 0.3 is 0 Å². The number of amides is 2. The van der Waals surface area contributed by atoms with Crippen LogP contribution < -0.4 is 5.32 Å². The molecule has 2 amide bonds. The summed E-state index contributed by atoms with van der Waals surface area (Å²) < 4.78 is 0. The van der Waals surface area contributed by atoms with Crippen LogP contribution in [0.15, 0.2) is 24.3 Å². The molecular weight excluding hydrogens is 326 g/mol.